The number of urea groups is 1. The molecule has 13 heteroatoms. The lowest BCUT2D eigenvalue weighted by Gasteiger charge is -2.39. The van der Waals surface area contributed by atoms with Crippen LogP contribution in [0.3, 0.4) is 0 Å². The first kappa shape index (κ1) is 34.3. The van der Waals surface area contributed by atoms with Crippen LogP contribution in [0.25, 0.3) is 0 Å². The number of carbonyl (C=O) groups is 4. The van der Waals surface area contributed by atoms with E-state index in [1.54, 1.807) is 17.0 Å². The summed E-state index contributed by atoms with van der Waals surface area (Å²) in [5.74, 6) is -0.833. The van der Waals surface area contributed by atoms with Gasteiger partial charge < -0.3 is 31.1 Å². The zero-order valence-electron chi connectivity index (χ0n) is 26.4. The van der Waals surface area contributed by atoms with E-state index in [0.29, 0.717) is 58.7 Å². The molecule has 0 bridgehead atoms. The summed E-state index contributed by atoms with van der Waals surface area (Å²) in [5.41, 5.74) is 8.83. The van der Waals surface area contributed by atoms with Gasteiger partial charge >= 0.3 is 6.03 Å². The molecule has 248 valence electrons. The van der Waals surface area contributed by atoms with E-state index in [-0.39, 0.29) is 42.6 Å². The van der Waals surface area contributed by atoms with E-state index in [0.717, 1.165) is 43.6 Å². The fourth-order valence-electron chi connectivity index (χ4n) is 6.64. The minimum Gasteiger partial charge on any atom is -0.397 e. The van der Waals surface area contributed by atoms with Crippen LogP contribution in [0.15, 0.2) is 45.3 Å². The maximum Gasteiger partial charge on any atom is 0.322 e. The Bertz CT molecular complexity index is 1430. The van der Waals surface area contributed by atoms with Crippen molar-refractivity contribution in [3.8, 4) is 0 Å². The van der Waals surface area contributed by atoms with Crippen LogP contribution in [0, 0.1) is 0 Å². The van der Waals surface area contributed by atoms with Crippen molar-refractivity contribution < 1.29 is 19.2 Å². The number of para-hydroxylation sites is 1. The van der Waals surface area contributed by atoms with Gasteiger partial charge in [-0.25, -0.2) is 4.79 Å². The molecule has 0 saturated carbocycles. The number of amides is 4. The molecule has 4 N–H and O–H groups in total. The minimum absolute atomic E-state index is 0.0115. The highest BCUT2D eigenvalue weighted by molar-refractivity contribution is 9.11. The fourth-order valence-corrected chi connectivity index (χ4v) is 7.83. The van der Waals surface area contributed by atoms with Crippen LogP contribution in [0.1, 0.15) is 48.0 Å². The van der Waals surface area contributed by atoms with Gasteiger partial charge in [0.25, 0.3) is 0 Å². The number of hydrogen-bond acceptors (Lipinski definition) is 7. The van der Waals surface area contributed by atoms with Gasteiger partial charge in [0.05, 0.1) is 12.2 Å². The first-order valence-corrected chi connectivity index (χ1v) is 17.5. The molecule has 3 heterocycles. The molecule has 2 saturated heterocycles. The van der Waals surface area contributed by atoms with Crippen molar-refractivity contribution in [2.75, 3.05) is 64.4 Å². The summed E-state index contributed by atoms with van der Waals surface area (Å²) < 4.78 is 1.14. The Balaban J connectivity index is 1.24. The zero-order valence-corrected chi connectivity index (χ0v) is 29.6. The summed E-state index contributed by atoms with van der Waals surface area (Å²) in [6, 6.07) is 10.5. The maximum absolute atomic E-state index is 14.0. The number of fused-ring (bicyclic) bond motifs is 1. The van der Waals surface area contributed by atoms with Crippen molar-refractivity contribution >= 4 is 66.9 Å². The number of rotatable bonds is 9. The third-order valence-electron chi connectivity index (χ3n) is 9.44. The van der Waals surface area contributed by atoms with E-state index < -0.39 is 6.04 Å². The fraction of sp³-hybridized carbons (Fsp3) is 0.515. The smallest absolute Gasteiger partial charge is 0.322 e. The molecule has 2 aromatic rings. The standard InChI is InChI=1S/C33H43Br2N7O4/c1-39(2)23-8-12-40(13-9-23)20-30(44)37-28(19-29(43)22-17-25(34)31(36)26(35)18-22)32(45)41-14-10-24(11-15-41)42-16-7-21-5-3-4-6-27(21)38-33(42)46/h3-6,17-18,23-24,28H,7-16,19-20,36H2,1-2H3,(H,37,44)(H,38,46)/t28-/m1/s1. The summed E-state index contributed by atoms with van der Waals surface area (Å²) in [7, 11) is 4.14. The number of nitrogens with zero attached hydrogens (tertiary/aromatic N) is 4. The lowest BCUT2D eigenvalue weighted by molar-refractivity contribution is -0.138. The summed E-state index contributed by atoms with van der Waals surface area (Å²) in [5, 5.41) is 5.94. The second-order valence-corrected chi connectivity index (χ2v) is 14.4. The Morgan fingerprint density at radius 3 is 2.30 bits per heavy atom. The molecule has 0 radical (unpaired) electrons. The number of Topliss-reactive ketones (excluding diaryl/α,β-unsaturated/α-hetero) is 1. The third kappa shape index (κ3) is 8.28. The molecule has 0 aliphatic carbocycles. The van der Waals surface area contributed by atoms with Crippen LogP contribution in [0.4, 0.5) is 16.2 Å². The first-order valence-electron chi connectivity index (χ1n) is 15.9. The Labute approximate surface area is 287 Å². The minimum atomic E-state index is -1.01. The topological polar surface area (TPSA) is 131 Å². The molecular formula is C33H43Br2N7O4. The van der Waals surface area contributed by atoms with Crippen LogP contribution < -0.4 is 16.4 Å². The molecule has 5 rings (SSSR count). The van der Waals surface area contributed by atoms with Gasteiger partial charge in [-0.2, -0.15) is 0 Å². The molecule has 2 aromatic carbocycles. The van der Waals surface area contributed by atoms with Gasteiger partial charge in [-0.3, -0.25) is 19.3 Å². The third-order valence-corrected chi connectivity index (χ3v) is 10.7. The van der Waals surface area contributed by atoms with E-state index in [1.165, 1.54) is 0 Å². The second-order valence-electron chi connectivity index (χ2n) is 12.7. The molecule has 0 spiro atoms. The number of ketones is 1. The molecule has 46 heavy (non-hydrogen) atoms. The van der Waals surface area contributed by atoms with Gasteiger partial charge in [-0.15, -0.1) is 0 Å². The number of benzene rings is 2. The lowest BCUT2D eigenvalue weighted by atomic mass is 9.99. The van der Waals surface area contributed by atoms with Crippen molar-refractivity contribution in [3.05, 3.63) is 56.5 Å². The van der Waals surface area contributed by atoms with Crippen molar-refractivity contribution in [2.45, 2.75) is 56.7 Å². The van der Waals surface area contributed by atoms with Crippen LogP contribution >= 0.6 is 31.9 Å². The average molecular weight is 762 g/mol. The summed E-state index contributed by atoms with van der Waals surface area (Å²) in [6.45, 7) is 3.22. The molecule has 2 fully saturated rings. The number of anilines is 2. The van der Waals surface area contributed by atoms with Crippen LogP contribution in [-0.4, -0.2) is 115 Å². The SMILES string of the molecule is CN(C)C1CCN(CC(=O)N[C@H](CC(=O)c2cc(Br)c(N)c(Br)c2)C(=O)N2CCC(N3CCc4ccccc4NC3=O)CC2)CC1. The average Bonchev–Trinajstić information content (AvgIpc) is 3.21. The summed E-state index contributed by atoms with van der Waals surface area (Å²) in [4.78, 5) is 61.7. The van der Waals surface area contributed by atoms with E-state index in [1.807, 2.05) is 29.2 Å². The normalized spacial score (nSPS) is 18.9. The number of carbonyl (C=O) groups excluding carboxylic acids is 4. The van der Waals surface area contributed by atoms with Crippen LogP contribution in [0.5, 0.6) is 0 Å². The largest absolute Gasteiger partial charge is 0.397 e. The van der Waals surface area contributed by atoms with E-state index in [2.05, 4.69) is 66.4 Å². The Morgan fingerprint density at radius 1 is 1.00 bits per heavy atom. The molecule has 3 aliphatic rings. The van der Waals surface area contributed by atoms with Crippen molar-refractivity contribution in [2.24, 2.45) is 0 Å². The van der Waals surface area contributed by atoms with Gasteiger partial charge in [-0.05, 0) is 102 Å². The second kappa shape index (κ2) is 15.3. The van der Waals surface area contributed by atoms with Crippen molar-refractivity contribution in [1.29, 1.82) is 0 Å². The molecule has 0 aromatic heterocycles. The molecule has 3 aliphatic heterocycles. The lowest BCUT2D eigenvalue weighted by Crippen LogP contribution is -2.55. The number of nitrogens with two attached hydrogens (primary N) is 1. The highest BCUT2D eigenvalue weighted by Crippen LogP contribution is 2.30. The zero-order chi connectivity index (χ0) is 33.0. The number of nitrogen functional groups attached to an aromatic ring is 1. The maximum atomic E-state index is 14.0. The molecular weight excluding hydrogens is 718 g/mol. The van der Waals surface area contributed by atoms with Crippen LogP contribution in [-0.2, 0) is 16.0 Å². The van der Waals surface area contributed by atoms with Gasteiger partial charge in [0.15, 0.2) is 5.78 Å². The Kier molecular flexibility index (Phi) is 11.4. The molecule has 0 unspecified atom stereocenters. The van der Waals surface area contributed by atoms with Gasteiger partial charge in [-0.1, -0.05) is 18.2 Å². The highest BCUT2D eigenvalue weighted by Gasteiger charge is 2.35. The summed E-state index contributed by atoms with van der Waals surface area (Å²) >= 11 is 6.79. The predicted molar refractivity (Wildman–Crippen MR) is 186 cm³/mol. The highest BCUT2D eigenvalue weighted by atomic mass is 79.9. The number of piperidine rings is 2. The quantitative estimate of drug-likeness (QED) is 0.261. The molecule has 11 nitrogen and oxygen atoms in total. The number of likely N-dealkylation sites (tertiary alicyclic amines) is 2. The van der Waals surface area contributed by atoms with Crippen LogP contribution in [0.2, 0.25) is 0 Å². The predicted octanol–water partition coefficient (Wildman–Crippen LogP) is 3.96. The molecule has 1 atom stereocenters. The van der Waals surface area contributed by atoms with E-state index >= 15 is 0 Å². The van der Waals surface area contributed by atoms with E-state index in [4.69, 9.17) is 5.73 Å². The van der Waals surface area contributed by atoms with E-state index in [9.17, 15) is 19.2 Å². The Hall–Kier alpha value is -3.00. The van der Waals surface area contributed by atoms with Gasteiger partial charge in [0.2, 0.25) is 11.8 Å². The number of halogens is 2. The Morgan fingerprint density at radius 2 is 1.65 bits per heavy atom. The number of nitrogens with one attached hydrogen (secondary N) is 2. The number of hydrogen-bond donors (Lipinski definition) is 3. The monoisotopic (exact) mass is 759 g/mol. The van der Waals surface area contributed by atoms with Gasteiger partial charge in [0.1, 0.15) is 6.04 Å². The first-order chi connectivity index (χ1) is 22.0. The summed E-state index contributed by atoms with van der Waals surface area (Å²) in [6.07, 6.45) is 3.75. The van der Waals surface area contributed by atoms with Gasteiger partial charge in [0, 0.05) is 71.4 Å². The van der Waals surface area contributed by atoms with Crippen molar-refractivity contribution in [1.82, 2.24) is 24.9 Å². The van der Waals surface area contributed by atoms with Crippen molar-refractivity contribution in [3.63, 3.8) is 0 Å². The molecule has 4 amide bonds.